The van der Waals surface area contributed by atoms with Crippen LogP contribution in [0.15, 0.2) is 6.20 Å². The van der Waals surface area contributed by atoms with Crippen LogP contribution in [0.25, 0.3) is 11.0 Å². The van der Waals surface area contributed by atoms with Crippen LogP contribution in [0.4, 0.5) is 11.8 Å². The zero-order valence-electron chi connectivity index (χ0n) is 11.1. The molecule has 0 spiro atoms. The number of nitrogens with one attached hydrogen (secondary N) is 3. The van der Waals surface area contributed by atoms with Gasteiger partial charge in [-0.15, -0.1) is 0 Å². The number of H-pyrrole nitrogens is 1. The van der Waals surface area contributed by atoms with Gasteiger partial charge in [-0.3, -0.25) is 10.5 Å². The van der Waals surface area contributed by atoms with Crippen LogP contribution >= 0.6 is 0 Å². The number of nitrogens with two attached hydrogens (primary N) is 1. The summed E-state index contributed by atoms with van der Waals surface area (Å²) in [5, 5.41) is 20.5. The fourth-order valence-corrected chi connectivity index (χ4v) is 2.80. The normalized spacial score (nSPS) is 22.9. The molecule has 1 aliphatic rings. The van der Waals surface area contributed by atoms with Gasteiger partial charge in [-0.25, -0.2) is 5.84 Å². The van der Waals surface area contributed by atoms with E-state index < -0.39 is 0 Å². The first-order chi connectivity index (χ1) is 9.81. The third kappa shape index (κ3) is 2.39. The number of aromatic nitrogens is 4. The molecule has 0 radical (unpaired) electrons. The number of fused-ring (bicyclic) bond motifs is 1. The minimum absolute atomic E-state index is 0.194. The number of hydrazine groups is 1. The maximum atomic E-state index is 9.49. The van der Waals surface area contributed by atoms with E-state index in [1.165, 1.54) is 6.42 Å². The average Bonchev–Trinajstić information content (AvgIpc) is 2.96. The summed E-state index contributed by atoms with van der Waals surface area (Å²) in [5.74, 6) is 6.68. The molecule has 6 N–H and O–H groups in total. The highest BCUT2D eigenvalue weighted by Gasteiger charge is 2.25. The Morgan fingerprint density at radius 2 is 2.20 bits per heavy atom. The Hall–Kier alpha value is -1.93. The predicted molar refractivity (Wildman–Crippen MR) is 75.9 cm³/mol. The van der Waals surface area contributed by atoms with E-state index in [1.54, 1.807) is 6.20 Å². The minimum atomic E-state index is 0.194. The van der Waals surface area contributed by atoms with Crippen LogP contribution in [0, 0.1) is 5.92 Å². The van der Waals surface area contributed by atoms with Crippen molar-refractivity contribution >= 4 is 22.8 Å². The maximum Gasteiger partial charge on any atom is 0.241 e. The minimum Gasteiger partial charge on any atom is -0.396 e. The monoisotopic (exact) mass is 277 g/mol. The molecule has 0 saturated heterocycles. The number of aliphatic hydroxyl groups excluding tert-OH is 1. The molecule has 2 aromatic rings. The number of aromatic amines is 1. The Balaban J connectivity index is 1.90. The molecule has 1 aliphatic carbocycles. The Kier molecular flexibility index (Phi) is 3.66. The maximum absolute atomic E-state index is 9.49. The highest BCUT2D eigenvalue weighted by Crippen LogP contribution is 2.28. The van der Waals surface area contributed by atoms with Gasteiger partial charge in [0.2, 0.25) is 5.95 Å². The molecule has 8 heteroatoms. The van der Waals surface area contributed by atoms with Crippen molar-refractivity contribution in [1.29, 1.82) is 0 Å². The molecular formula is C12H19N7O. The second-order valence-electron chi connectivity index (χ2n) is 5.15. The van der Waals surface area contributed by atoms with Gasteiger partial charge in [0.25, 0.3) is 0 Å². The van der Waals surface area contributed by atoms with Gasteiger partial charge in [0.1, 0.15) is 5.82 Å². The van der Waals surface area contributed by atoms with Crippen molar-refractivity contribution in [3.05, 3.63) is 6.20 Å². The van der Waals surface area contributed by atoms with E-state index in [1.807, 2.05) is 0 Å². The van der Waals surface area contributed by atoms with Crippen LogP contribution in [0.1, 0.15) is 25.7 Å². The number of hydrogen-bond donors (Lipinski definition) is 5. The molecular weight excluding hydrogens is 258 g/mol. The Labute approximate surface area is 116 Å². The Bertz CT molecular complexity index is 584. The molecule has 2 heterocycles. The van der Waals surface area contributed by atoms with Gasteiger partial charge < -0.3 is 10.4 Å². The zero-order valence-corrected chi connectivity index (χ0v) is 11.1. The van der Waals surface area contributed by atoms with E-state index in [0.29, 0.717) is 17.4 Å². The van der Waals surface area contributed by atoms with Gasteiger partial charge >= 0.3 is 0 Å². The number of aliphatic hydroxyl groups is 1. The van der Waals surface area contributed by atoms with Crippen LogP contribution in [-0.2, 0) is 0 Å². The molecule has 8 nitrogen and oxygen atoms in total. The highest BCUT2D eigenvalue weighted by atomic mass is 16.3. The molecule has 3 rings (SSSR count). The van der Waals surface area contributed by atoms with Gasteiger partial charge in [-0.1, -0.05) is 12.8 Å². The standard InChI is InChI=1S/C12H19N7O/c13-18-12-16-10(8-5-14-19-11(8)17-12)15-9-4-2-1-3-7(9)6-20/h5,7,9,20H,1-4,6,13H2,(H3,14,15,16,17,18,19). The summed E-state index contributed by atoms with van der Waals surface area (Å²) in [5.41, 5.74) is 3.08. The van der Waals surface area contributed by atoms with Crippen molar-refractivity contribution in [3.63, 3.8) is 0 Å². The quantitative estimate of drug-likeness (QED) is 0.409. The summed E-state index contributed by atoms with van der Waals surface area (Å²) < 4.78 is 0. The summed E-state index contributed by atoms with van der Waals surface area (Å²) >= 11 is 0. The van der Waals surface area contributed by atoms with Gasteiger partial charge in [0, 0.05) is 18.6 Å². The second kappa shape index (κ2) is 5.59. The van der Waals surface area contributed by atoms with Crippen molar-refractivity contribution in [2.24, 2.45) is 11.8 Å². The Morgan fingerprint density at radius 1 is 1.35 bits per heavy atom. The van der Waals surface area contributed by atoms with Crippen molar-refractivity contribution in [2.45, 2.75) is 31.7 Å². The molecule has 0 aromatic carbocycles. The summed E-state index contributed by atoms with van der Waals surface area (Å²) in [7, 11) is 0. The number of rotatable bonds is 4. The molecule has 0 aliphatic heterocycles. The highest BCUT2D eigenvalue weighted by molar-refractivity contribution is 5.87. The van der Waals surface area contributed by atoms with Gasteiger partial charge in [-0.2, -0.15) is 15.1 Å². The van der Waals surface area contributed by atoms with E-state index in [2.05, 4.69) is 30.9 Å². The van der Waals surface area contributed by atoms with Gasteiger partial charge in [-0.05, 0) is 12.8 Å². The molecule has 0 bridgehead atoms. The molecule has 2 unspecified atom stereocenters. The second-order valence-corrected chi connectivity index (χ2v) is 5.15. The van der Waals surface area contributed by atoms with Gasteiger partial charge in [0.05, 0.1) is 11.6 Å². The fraction of sp³-hybridized carbons (Fsp3) is 0.583. The lowest BCUT2D eigenvalue weighted by Crippen LogP contribution is -2.34. The number of nitrogen functional groups attached to an aromatic ring is 1. The molecule has 2 aromatic heterocycles. The van der Waals surface area contributed by atoms with Crippen LogP contribution < -0.4 is 16.6 Å². The van der Waals surface area contributed by atoms with E-state index >= 15 is 0 Å². The first-order valence-electron chi connectivity index (χ1n) is 6.87. The summed E-state index contributed by atoms with van der Waals surface area (Å²) in [6.45, 7) is 0.194. The van der Waals surface area contributed by atoms with Crippen LogP contribution in [0.5, 0.6) is 0 Å². The SMILES string of the molecule is NNc1nc(NC2CCCCC2CO)c2cn[nH]c2n1. The van der Waals surface area contributed by atoms with Crippen molar-refractivity contribution in [2.75, 3.05) is 17.3 Å². The largest absolute Gasteiger partial charge is 0.396 e. The first kappa shape index (κ1) is 13.1. The summed E-state index contributed by atoms with van der Waals surface area (Å²) in [6, 6.07) is 0.215. The van der Waals surface area contributed by atoms with Crippen LogP contribution in [0.3, 0.4) is 0 Å². The predicted octanol–water partition coefficient (Wildman–Crippen LogP) is 0.601. The molecule has 2 atom stereocenters. The molecule has 20 heavy (non-hydrogen) atoms. The topological polar surface area (TPSA) is 125 Å². The number of hydrogen-bond acceptors (Lipinski definition) is 7. The van der Waals surface area contributed by atoms with Crippen LogP contribution in [-0.4, -0.2) is 37.9 Å². The summed E-state index contributed by atoms with van der Waals surface area (Å²) in [4.78, 5) is 8.55. The average molecular weight is 277 g/mol. The van der Waals surface area contributed by atoms with E-state index in [4.69, 9.17) is 5.84 Å². The third-order valence-electron chi connectivity index (χ3n) is 3.90. The first-order valence-corrected chi connectivity index (χ1v) is 6.87. The van der Waals surface area contributed by atoms with Crippen LogP contribution in [0.2, 0.25) is 0 Å². The van der Waals surface area contributed by atoms with E-state index in [9.17, 15) is 5.11 Å². The third-order valence-corrected chi connectivity index (χ3v) is 3.90. The molecule has 0 amide bonds. The fourth-order valence-electron chi connectivity index (χ4n) is 2.80. The molecule has 108 valence electrons. The molecule has 1 fully saturated rings. The smallest absolute Gasteiger partial charge is 0.241 e. The lowest BCUT2D eigenvalue weighted by Gasteiger charge is -2.31. The summed E-state index contributed by atoms with van der Waals surface area (Å²) in [6.07, 6.45) is 6.09. The Morgan fingerprint density at radius 3 is 3.00 bits per heavy atom. The lowest BCUT2D eigenvalue weighted by molar-refractivity contribution is 0.178. The van der Waals surface area contributed by atoms with Crippen molar-refractivity contribution < 1.29 is 5.11 Å². The lowest BCUT2D eigenvalue weighted by atomic mass is 9.85. The molecule has 1 saturated carbocycles. The van der Waals surface area contributed by atoms with E-state index in [0.717, 1.165) is 24.6 Å². The van der Waals surface area contributed by atoms with Crippen molar-refractivity contribution in [3.8, 4) is 0 Å². The number of nitrogens with zero attached hydrogens (tertiary/aromatic N) is 3. The zero-order chi connectivity index (χ0) is 13.9. The number of anilines is 2. The van der Waals surface area contributed by atoms with Gasteiger partial charge in [0.15, 0.2) is 5.65 Å². The van der Waals surface area contributed by atoms with Crippen molar-refractivity contribution in [1.82, 2.24) is 20.2 Å². The van der Waals surface area contributed by atoms with E-state index in [-0.39, 0.29) is 18.6 Å².